The second-order valence-corrected chi connectivity index (χ2v) is 5.73. The number of nitrogens with zero attached hydrogens (tertiary/aromatic N) is 7. The standard InChI is InChI=1S/C15H18N8O3/c1-3-20-6-12(4-16-20)7-21-8-13(5-17-21)18-15(24)10-22-9-14(23(25)26)11(2)19-22/h4-6,8-9H,3,7,10H2,1-2H3,(H,18,24). The lowest BCUT2D eigenvalue weighted by Crippen LogP contribution is -2.18. The van der Waals surface area contributed by atoms with Crippen LogP contribution in [0.2, 0.25) is 0 Å². The van der Waals surface area contributed by atoms with Crippen LogP contribution in [-0.4, -0.2) is 40.2 Å². The molecule has 0 saturated heterocycles. The van der Waals surface area contributed by atoms with Crippen molar-refractivity contribution < 1.29 is 9.72 Å². The van der Waals surface area contributed by atoms with E-state index >= 15 is 0 Å². The maximum absolute atomic E-state index is 12.1. The summed E-state index contributed by atoms with van der Waals surface area (Å²) >= 11 is 0. The third-order valence-corrected chi connectivity index (χ3v) is 3.70. The molecule has 0 atom stereocenters. The van der Waals surface area contributed by atoms with Crippen molar-refractivity contribution in [2.24, 2.45) is 0 Å². The number of hydrogen-bond donors (Lipinski definition) is 1. The summed E-state index contributed by atoms with van der Waals surface area (Å²) in [6.45, 7) is 4.75. The molecule has 11 nitrogen and oxygen atoms in total. The molecule has 0 aromatic carbocycles. The van der Waals surface area contributed by atoms with Crippen molar-refractivity contribution >= 4 is 17.3 Å². The quantitative estimate of drug-likeness (QED) is 0.499. The van der Waals surface area contributed by atoms with Crippen molar-refractivity contribution in [3.05, 3.63) is 52.4 Å². The minimum absolute atomic E-state index is 0.113. The molecule has 3 aromatic rings. The molecule has 26 heavy (non-hydrogen) atoms. The van der Waals surface area contributed by atoms with Crippen LogP contribution < -0.4 is 5.32 Å². The predicted molar refractivity (Wildman–Crippen MR) is 91.5 cm³/mol. The first-order valence-electron chi connectivity index (χ1n) is 7.96. The van der Waals surface area contributed by atoms with Crippen LogP contribution in [0.15, 0.2) is 31.0 Å². The van der Waals surface area contributed by atoms with Gasteiger partial charge in [-0.2, -0.15) is 15.3 Å². The second kappa shape index (κ2) is 7.17. The molecule has 0 aliphatic rings. The van der Waals surface area contributed by atoms with E-state index in [-0.39, 0.29) is 23.8 Å². The van der Waals surface area contributed by atoms with E-state index in [1.807, 2.05) is 17.8 Å². The molecule has 3 heterocycles. The zero-order chi connectivity index (χ0) is 18.7. The number of nitro groups is 1. The maximum atomic E-state index is 12.1. The van der Waals surface area contributed by atoms with Gasteiger partial charge in [0.1, 0.15) is 18.4 Å². The summed E-state index contributed by atoms with van der Waals surface area (Å²) < 4.78 is 4.76. The van der Waals surface area contributed by atoms with E-state index in [2.05, 4.69) is 20.6 Å². The highest BCUT2D eigenvalue weighted by molar-refractivity contribution is 5.90. The third-order valence-electron chi connectivity index (χ3n) is 3.70. The SMILES string of the molecule is CCn1cc(Cn2cc(NC(=O)Cn3cc([N+](=O)[O-])c(C)n3)cn2)cn1. The minimum atomic E-state index is -0.526. The van der Waals surface area contributed by atoms with Crippen LogP contribution in [0.1, 0.15) is 18.2 Å². The molecule has 3 rings (SSSR count). The molecule has 0 unspecified atom stereocenters. The van der Waals surface area contributed by atoms with Gasteiger partial charge in [0.15, 0.2) is 0 Å². The molecule has 3 aromatic heterocycles. The lowest BCUT2D eigenvalue weighted by atomic mass is 10.4. The van der Waals surface area contributed by atoms with E-state index in [0.29, 0.717) is 12.2 Å². The Morgan fingerprint density at radius 2 is 1.96 bits per heavy atom. The molecule has 1 N–H and O–H groups in total. The number of rotatable bonds is 7. The minimum Gasteiger partial charge on any atom is -0.322 e. The molecule has 0 bridgehead atoms. The Bertz CT molecular complexity index is 938. The summed E-state index contributed by atoms with van der Waals surface area (Å²) in [6.07, 6.45) is 8.20. The van der Waals surface area contributed by atoms with Gasteiger partial charge in [-0.3, -0.25) is 29.0 Å². The molecule has 1 amide bonds. The summed E-state index contributed by atoms with van der Waals surface area (Å²) in [5.74, 6) is -0.347. The Morgan fingerprint density at radius 1 is 1.19 bits per heavy atom. The highest BCUT2D eigenvalue weighted by Gasteiger charge is 2.16. The van der Waals surface area contributed by atoms with Gasteiger partial charge < -0.3 is 5.32 Å². The molecule has 136 valence electrons. The largest absolute Gasteiger partial charge is 0.322 e. The maximum Gasteiger partial charge on any atom is 0.309 e. The Morgan fingerprint density at radius 3 is 2.62 bits per heavy atom. The van der Waals surface area contributed by atoms with Crippen LogP contribution in [-0.2, 0) is 24.4 Å². The van der Waals surface area contributed by atoms with Crippen LogP contribution in [0.25, 0.3) is 0 Å². The first kappa shape index (κ1) is 17.3. The number of aromatic nitrogens is 6. The van der Waals surface area contributed by atoms with Crippen LogP contribution in [0, 0.1) is 17.0 Å². The van der Waals surface area contributed by atoms with E-state index < -0.39 is 4.92 Å². The molecular formula is C15H18N8O3. The summed E-state index contributed by atoms with van der Waals surface area (Å²) in [7, 11) is 0. The molecule has 0 aliphatic carbocycles. The Labute approximate surface area is 148 Å². The number of amides is 1. The van der Waals surface area contributed by atoms with Gasteiger partial charge in [0.2, 0.25) is 5.91 Å². The van der Waals surface area contributed by atoms with Crippen LogP contribution >= 0.6 is 0 Å². The van der Waals surface area contributed by atoms with Crippen molar-refractivity contribution in [3.63, 3.8) is 0 Å². The smallest absolute Gasteiger partial charge is 0.309 e. The summed E-state index contributed by atoms with van der Waals surface area (Å²) in [4.78, 5) is 22.4. The van der Waals surface area contributed by atoms with Crippen molar-refractivity contribution in [3.8, 4) is 0 Å². The van der Waals surface area contributed by atoms with Crippen LogP contribution in [0.5, 0.6) is 0 Å². The molecule has 0 radical (unpaired) electrons. The van der Waals surface area contributed by atoms with Gasteiger partial charge in [-0.25, -0.2) is 0 Å². The Hall–Kier alpha value is -3.50. The monoisotopic (exact) mass is 358 g/mol. The van der Waals surface area contributed by atoms with Crippen molar-refractivity contribution in [1.82, 2.24) is 29.3 Å². The van der Waals surface area contributed by atoms with Gasteiger partial charge >= 0.3 is 5.69 Å². The zero-order valence-corrected chi connectivity index (χ0v) is 14.4. The fourth-order valence-corrected chi connectivity index (χ4v) is 2.48. The summed E-state index contributed by atoms with van der Waals surface area (Å²) in [5, 5.41) is 25.9. The summed E-state index contributed by atoms with van der Waals surface area (Å²) in [5.41, 5.74) is 1.70. The molecule has 0 saturated carbocycles. The second-order valence-electron chi connectivity index (χ2n) is 5.73. The van der Waals surface area contributed by atoms with Crippen molar-refractivity contribution in [2.45, 2.75) is 33.5 Å². The van der Waals surface area contributed by atoms with Crippen LogP contribution in [0.4, 0.5) is 11.4 Å². The fourth-order valence-electron chi connectivity index (χ4n) is 2.48. The number of carbonyl (C=O) groups is 1. The van der Waals surface area contributed by atoms with Crippen molar-refractivity contribution in [2.75, 3.05) is 5.32 Å². The van der Waals surface area contributed by atoms with Crippen LogP contribution in [0.3, 0.4) is 0 Å². The lowest BCUT2D eigenvalue weighted by molar-refractivity contribution is -0.385. The number of carbonyl (C=O) groups excluding carboxylic acids is 1. The highest BCUT2D eigenvalue weighted by Crippen LogP contribution is 2.15. The number of nitrogens with one attached hydrogen (secondary N) is 1. The van der Waals surface area contributed by atoms with Gasteiger partial charge in [0.25, 0.3) is 0 Å². The normalized spacial score (nSPS) is 10.8. The molecule has 0 aliphatic heterocycles. The van der Waals surface area contributed by atoms with Gasteiger partial charge in [0.05, 0.1) is 29.5 Å². The fraction of sp³-hybridized carbons (Fsp3) is 0.333. The van der Waals surface area contributed by atoms with Gasteiger partial charge in [-0.15, -0.1) is 0 Å². The molecular weight excluding hydrogens is 340 g/mol. The molecule has 0 spiro atoms. The lowest BCUT2D eigenvalue weighted by Gasteiger charge is -2.02. The number of aryl methyl sites for hydroxylation is 2. The Kier molecular flexibility index (Phi) is 4.78. The van der Waals surface area contributed by atoms with E-state index in [1.54, 1.807) is 23.3 Å². The highest BCUT2D eigenvalue weighted by atomic mass is 16.6. The number of hydrogen-bond acceptors (Lipinski definition) is 6. The number of anilines is 1. The van der Waals surface area contributed by atoms with Crippen molar-refractivity contribution in [1.29, 1.82) is 0 Å². The van der Waals surface area contributed by atoms with E-state index in [9.17, 15) is 14.9 Å². The average Bonchev–Trinajstić information content (AvgIpc) is 3.28. The topological polar surface area (TPSA) is 126 Å². The Balaban J connectivity index is 1.59. The average molecular weight is 358 g/mol. The first-order valence-corrected chi connectivity index (χ1v) is 7.96. The van der Waals surface area contributed by atoms with Gasteiger partial charge in [-0.05, 0) is 13.8 Å². The summed E-state index contributed by atoms with van der Waals surface area (Å²) in [6, 6.07) is 0. The van der Waals surface area contributed by atoms with Gasteiger partial charge in [-0.1, -0.05) is 0 Å². The van der Waals surface area contributed by atoms with E-state index in [1.165, 1.54) is 17.8 Å². The third kappa shape index (κ3) is 3.94. The van der Waals surface area contributed by atoms with E-state index in [0.717, 1.165) is 12.1 Å². The molecule has 0 fully saturated rings. The predicted octanol–water partition coefficient (Wildman–Crippen LogP) is 1.20. The van der Waals surface area contributed by atoms with Gasteiger partial charge in [0, 0.05) is 24.5 Å². The molecule has 11 heteroatoms. The first-order chi connectivity index (χ1) is 12.4. The van der Waals surface area contributed by atoms with E-state index in [4.69, 9.17) is 0 Å². The zero-order valence-electron chi connectivity index (χ0n) is 14.4.